The highest BCUT2D eigenvalue weighted by Gasteiger charge is 2.20. The largest absolute Gasteiger partial charge is 0.490 e. The Bertz CT molecular complexity index is 1330. The van der Waals surface area contributed by atoms with E-state index in [-0.39, 0.29) is 12.0 Å². The number of carboxylic acids is 1. The van der Waals surface area contributed by atoms with E-state index < -0.39 is 17.9 Å². The van der Waals surface area contributed by atoms with Crippen LogP contribution in [0.4, 0.5) is 0 Å². The molecule has 0 fully saturated rings. The molecule has 0 spiro atoms. The van der Waals surface area contributed by atoms with Gasteiger partial charge in [0.25, 0.3) is 5.91 Å². The van der Waals surface area contributed by atoms with E-state index in [0.717, 1.165) is 12.8 Å². The van der Waals surface area contributed by atoms with Crippen LogP contribution in [-0.2, 0) is 9.59 Å². The topological polar surface area (TPSA) is 124 Å². The number of aliphatic carboxylic acids is 1. The normalized spacial score (nSPS) is 13.6. The monoisotopic (exact) mass is 495 g/mol. The van der Waals surface area contributed by atoms with E-state index in [2.05, 4.69) is 5.32 Å². The molecule has 4 rings (SSSR count). The van der Waals surface area contributed by atoms with Crippen LogP contribution < -0.4 is 25.0 Å². The minimum atomic E-state index is -1.08. The fourth-order valence-electron chi connectivity index (χ4n) is 4.08. The molecule has 0 aliphatic carbocycles. The first kappa shape index (κ1) is 25.1. The fourth-order valence-corrected chi connectivity index (χ4v) is 4.08. The number of benzene rings is 2. The van der Waals surface area contributed by atoms with Crippen LogP contribution in [0.15, 0.2) is 45.6 Å². The first-order valence-electron chi connectivity index (χ1n) is 12.0. The van der Waals surface area contributed by atoms with Gasteiger partial charge in [-0.1, -0.05) is 25.8 Å². The van der Waals surface area contributed by atoms with Gasteiger partial charge >= 0.3 is 5.97 Å². The lowest BCUT2D eigenvalue weighted by Crippen LogP contribution is -2.42. The van der Waals surface area contributed by atoms with E-state index in [0.29, 0.717) is 71.2 Å². The van der Waals surface area contributed by atoms with Crippen molar-refractivity contribution in [2.75, 3.05) is 19.8 Å². The molecule has 2 N–H and O–H groups in total. The summed E-state index contributed by atoms with van der Waals surface area (Å²) >= 11 is 0. The van der Waals surface area contributed by atoms with Gasteiger partial charge in [-0.05, 0) is 43.2 Å². The van der Waals surface area contributed by atoms with Gasteiger partial charge in [-0.25, -0.2) is 4.79 Å². The predicted molar refractivity (Wildman–Crippen MR) is 133 cm³/mol. The molecule has 2 aromatic carbocycles. The second-order valence-electron chi connectivity index (χ2n) is 8.62. The molecule has 9 nitrogen and oxygen atoms in total. The van der Waals surface area contributed by atoms with Gasteiger partial charge in [0.05, 0.1) is 24.2 Å². The highest BCUT2D eigenvalue weighted by molar-refractivity contribution is 5.85. The van der Waals surface area contributed by atoms with Crippen LogP contribution in [0.3, 0.4) is 0 Å². The van der Waals surface area contributed by atoms with Crippen molar-refractivity contribution in [3.63, 3.8) is 0 Å². The molecule has 0 radical (unpaired) electrons. The third-order valence-corrected chi connectivity index (χ3v) is 5.93. The third kappa shape index (κ3) is 5.62. The molecule has 1 atom stereocenters. The molecule has 36 heavy (non-hydrogen) atoms. The van der Waals surface area contributed by atoms with Crippen LogP contribution in [0.1, 0.15) is 38.4 Å². The number of ether oxygens (including phenoxy) is 3. The zero-order valence-electron chi connectivity index (χ0n) is 20.3. The van der Waals surface area contributed by atoms with Gasteiger partial charge in [0.15, 0.2) is 18.1 Å². The quantitative estimate of drug-likeness (QED) is 0.455. The van der Waals surface area contributed by atoms with Gasteiger partial charge in [-0.2, -0.15) is 0 Å². The number of hydrogen-bond donors (Lipinski definition) is 2. The average molecular weight is 496 g/mol. The third-order valence-electron chi connectivity index (χ3n) is 5.93. The second-order valence-corrected chi connectivity index (χ2v) is 8.62. The Morgan fingerprint density at radius 1 is 1.11 bits per heavy atom. The first-order chi connectivity index (χ1) is 17.4. The summed E-state index contributed by atoms with van der Waals surface area (Å²) in [5, 5.41) is 12.1. The molecule has 0 saturated carbocycles. The molecule has 3 aromatic rings. The molecule has 0 saturated heterocycles. The van der Waals surface area contributed by atoms with Crippen LogP contribution >= 0.6 is 0 Å². The first-order valence-corrected chi connectivity index (χ1v) is 12.0. The summed E-state index contributed by atoms with van der Waals surface area (Å²) < 4.78 is 22.9. The number of carbonyl (C=O) groups excluding carboxylic acids is 1. The summed E-state index contributed by atoms with van der Waals surface area (Å²) in [5.41, 5.74) is 1.21. The van der Waals surface area contributed by atoms with E-state index >= 15 is 0 Å². The lowest BCUT2D eigenvalue weighted by molar-refractivity contribution is -0.142. The Morgan fingerprint density at radius 3 is 2.64 bits per heavy atom. The molecule has 1 aromatic heterocycles. The van der Waals surface area contributed by atoms with Crippen molar-refractivity contribution in [2.24, 2.45) is 0 Å². The molecule has 2 heterocycles. The average Bonchev–Trinajstić information content (AvgIpc) is 3.10. The summed E-state index contributed by atoms with van der Waals surface area (Å²) in [7, 11) is 0. The maximum atomic E-state index is 13.3. The molecule has 0 unspecified atom stereocenters. The van der Waals surface area contributed by atoms with Gasteiger partial charge in [0.1, 0.15) is 23.1 Å². The van der Waals surface area contributed by atoms with Crippen molar-refractivity contribution in [1.29, 1.82) is 0 Å². The van der Waals surface area contributed by atoms with Crippen LogP contribution in [0, 0.1) is 6.92 Å². The number of nitrogens with one attached hydrogen (secondary N) is 1. The zero-order chi connectivity index (χ0) is 25.7. The number of rotatable bonds is 9. The van der Waals surface area contributed by atoms with Gasteiger partial charge in [0.2, 0.25) is 5.43 Å². The van der Waals surface area contributed by atoms with Crippen LogP contribution in [0.25, 0.3) is 22.1 Å². The van der Waals surface area contributed by atoms with Gasteiger partial charge in [-0.15, -0.1) is 0 Å². The van der Waals surface area contributed by atoms with Gasteiger partial charge in [-0.3, -0.25) is 9.59 Å². The molecular formula is C27H29NO8. The Morgan fingerprint density at radius 2 is 1.89 bits per heavy atom. The number of fused-ring (bicyclic) bond motifs is 2. The van der Waals surface area contributed by atoms with E-state index in [4.69, 9.17) is 18.6 Å². The minimum Gasteiger partial charge on any atom is -0.490 e. The highest BCUT2D eigenvalue weighted by atomic mass is 16.5. The summed E-state index contributed by atoms with van der Waals surface area (Å²) in [5.74, 6) is 0.363. The number of carbonyl (C=O) groups is 2. The number of carboxylic acid groups (broad SMARTS) is 1. The summed E-state index contributed by atoms with van der Waals surface area (Å²) in [6.45, 7) is 4.42. The number of aryl methyl sites for hydroxylation is 1. The number of amides is 1. The second kappa shape index (κ2) is 11.2. The smallest absolute Gasteiger partial charge is 0.326 e. The van der Waals surface area contributed by atoms with Gasteiger partial charge < -0.3 is 29.1 Å². The molecule has 1 aliphatic rings. The Labute approximate surface area is 208 Å². The molecular weight excluding hydrogens is 466 g/mol. The highest BCUT2D eigenvalue weighted by Crippen LogP contribution is 2.35. The van der Waals surface area contributed by atoms with Crippen LogP contribution in [-0.4, -0.2) is 42.8 Å². The molecule has 1 amide bonds. The van der Waals surface area contributed by atoms with Crippen molar-refractivity contribution in [3.8, 4) is 28.4 Å². The molecule has 9 heteroatoms. The summed E-state index contributed by atoms with van der Waals surface area (Å²) in [4.78, 5) is 36.9. The molecule has 190 valence electrons. The zero-order valence-corrected chi connectivity index (χ0v) is 20.3. The van der Waals surface area contributed by atoms with Crippen molar-refractivity contribution < 1.29 is 33.3 Å². The maximum absolute atomic E-state index is 13.3. The Kier molecular flexibility index (Phi) is 7.77. The number of hydrogen-bond acceptors (Lipinski definition) is 7. The standard InChI is InChI=1S/C27H29NO8/c1-3-4-6-20(27(31)32)28-24(29)15-35-18-8-9-19-22(14-18)36-16(2)25(26(19)30)17-7-10-21-23(13-17)34-12-5-11-33-21/h7-10,13-14,20H,3-6,11-12,15H2,1-2H3,(H,28,29)(H,31,32)/t20-/m0/s1. The predicted octanol–water partition coefficient (Wildman–Crippen LogP) is 4.07. The van der Waals surface area contributed by atoms with E-state index in [9.17, 15) is 19.5 Å². The van der Waals surface area contributed by atoms with Crippen molar-refractivity contribution >= 4 is 22.8 Å². The lowest BCUT2D eigenvalue weighted by Gasteiger charge is -2.14. The van der Waals surface area contributed by atoms with Crippen molar-refractivity contribution in [3.05, 3.63) is 52.4 Å². The van der Waals surface area contributed by atoms with Crippen LogP contribution in [0.2, 0.25) is 0 Å². The van der Waals surface area contributed by atoms with Crippen molar-refractivity contribution in [1.82, 2.24) is 5.32 Å². The van der Waals surface area contributed by atoms with E-state index in [1.54, 1.807) is 43.3 Å². The Balaban J connectivity index is 1.52. The Hall–Kier alpha value is -4.01. The summed E-state index contributed by atoms with van der Waals surface area (Å²) in [6, 6.07) is 9.12. The fraction of sp³-hybridized carbons (Fsp3) is 0.370. The SMILES string of the molecule is CCCC[C@H](NC(=O)COc1ccc2c(=O)c(-c3ccc4c(c3)OCCCO4)c(C)oc2c1)C(=O)O. The van der Waals surface area contributed by atoms with Crippen LogP contribution in [0.5, 0.6) is 17.2 Å². The van der Waals surface area contributed by atoms with E-state index in [1.807, 2.05) is 6.92 Å². The van der Waals surface area contributed by atoms with Crippen molar-refractivity contribution in [2.45, 2.75) is 45.6 Å². The lowest BCUT2D eigenvalue weighted by atomic mass is 10.0. The number of unbranched alkanes of at least 4 members (excludes halogenated alkanes) is 1. The maximum Gasteiger partial charge on any atom is 0.326 e. The van der Waals surface area contributed by atoms with Gasteiger partial charge in [0, 0.05) is 12.5 Å². The van der Waals surface area contributed by atoms with E-state index in [1.165, 1.54) is 0 Å². The summed E-state index contributed by atoms with van der Waals surface area (Å²) in [6.07, 6.45) is 2.65. The molecule has 0 bridgehead atoms. The molecule has 1 aliphatic heterocycles. The minimum absolute atomic E-state index is 0.201.